The van der Waals surface area contributed by atoms with Crippen molar-refractivity contribution in [3.63, 3.8) is 0 Å². The molecule has 532 valence electrons. The number of nitrogens with zero attached hydrogens (tertiary/aromatic N) is 6. The maximum Gasteiger partial charge on any atom is 0.475 e. The Morgan fingerprint density at radius 3 is 1.83 bits per heavy atom. The number of rotatable bonds is 23. The van der Waals surface area contributed by atoms with Crippen molar-refractivity contribution in [2.24, 2.45) is 5.92 Å². The van der Waals surface area contributed by atoms with E-state index in [1.807, 2.05) is 67.7 Å². The van der Waals surface area contributed by atoms with Crippen LogP contribution in [0.25, 0.3) is 16.0 Å². The van der Waals surface area contributed by atoms with Crippen LogP contribution in [-0.2, 0) is 55.6 Å². The van der Waals surface area contributed by atoms with Gasteiger partial charge in [0.25, 0.3) is 17.0 Å². The summed E-state index contributed by atoms with van der Waals surface area (Å²) in [5.74, 6) is 45.6. The Kier molecular flexibility index (Phi) is 28.6. The predicted octanol–water partition coefficient (Wildman–Crippen LogP) is 6.34. The third-order valence-corrected chi connectivity index (χ3v) is 26.9. The van der Waals surface area contributed by atoms with E-state index in [-0.39, 0.29) is 47.2 Å². The number of amides is 1. The molecule has 103 heavy (non-hydrogen) atoms. The third-order valence-electron chi connectivity index (χ3n) is 16.5. The molecule has 9 atom stereocenters. The number of hydrogen-bond donors (Lipinski definition) is 3. The number of esters is 1. The standard InChI is InChI=1S/C74H75N8O18PSi2/c1-18-19-20-21-22-23-24-25-26-27-28-29-30-31-32-33-34-35-36-37-43-92-55-46-54(45-51(4)53(55)6)68(89)82-58(85)40-42-80(72(82)90)69-63(99-102(14,15)73(7,8)9)61(97-59(86)39-38-52(5)84)57(96-69)48-94-101(91,93-44-41-75-13)98-62-56(47-83)95-70(64(62)100-103(16,17)74(10,11)12)81-49-76-60-65(81)77-71(79-67(60)88)78-66(87)50(2)3/h1,40,42,45-46,49-50,56-57,61-64,69-70,83H,38-39,41,44,47-48H2,2-12,14-17H3,(H2,77,78,79,87,88)/t56-,57-,61?,62?,63+,64+,69-,70-,101?/m1/s1. The van der Waals surface area contributed by atoms with Gasteiger partial charge < -0.3 is 42.5 Å². The molecule has 0 radical (unpaired) electrons. The van der Waals surface area contributed by atoms with Gasteiger partial charge in [0.05, 0.1) is 26.0 Å². The molecule has 5 heterocycles. The number of benzene rings is 1. The summed E-state index contributed by atoms with van der Waals surface area (Å²) in [5, 5.41) is 12.6. The monoisotopic (exact) mass is 1450 g/mol. The summed E-state index contributed by atoms with van der Waals surface area (Å²) in [4.78, 5) is 111. The molecule has 0 bridgehead atoms. The molecule has 3 aromatic heterocycles. The number of imidazole rings is 1. The van der Waals surface area contributed by atoms with Crippen LogP contribution in [0, 0.1) is 157 Å². The number of aromatic amines is 1. The van der Waals surface area contributed by atoms with Crippen molar-refractivity contribution in [1.29, 1.82) is 0 Å². The quantitative estimate of drug-likeness (QED) is 0.0182. The summed E-state index contributed by atoms with van der Waals surface area (Å²) >= 11 is 0. The molecule has 3 unspecified atom stereocenters. The lowest BCUT2D eigenvalue weighted by Crippen LogP contribution is -2.51. The average molecular weight is 1450 g/mol. The van der Waals surface area contributed by atoms with Gasteiger partial charge in [-0.25, -0.2) is 20.9 Å². The summed E-state index contributed by atoms with van der Waals surface area (Å²) < 4.78 is 75.9. The summed E-state index contributed by atoms with van der Waals surface area (Å²) in [6.07, 6.45) is -3.00. The Morgan fingerprint density at radius 1 is 0.767 bits per heavy atom. The molecule has 2 aliphatic heterocycles. The summed E-state index contributed by atoms with van der Waals surface area (Å²) in [7, 11) is -11.3. The fraction of sp³-hybridized carbons (Fsp3) is 0.432. The molecular weight excluding hydrogens is 1380 g/mol. The van der Waals surface area contributed by atoms with Crippen LogP contribution in [0.5, 0.6) is 5.75 Å². The van der Waals surface area contributed by atoms with E-state index in [1.165, 1.54) is 30.0 Å². The molecule has 6 rings (SSSR count). The highest BCUT2D eigenvalue weighted by Crippen LogP contribution is 2.55. The van der Waals surface area contributed by atoms with Crippen LogP contribution in [0.2, 0.25) is 36.3 Å². The van der Waals surface area contributed by atoms with Crippen LogP contribution in [0.15, 0.2) is 45.1 Å². The van der Waals surface area contributed by atoms with Crippen LogP contribution in [0.4, 0.5) is 5.95 Å². The first-order valence-corrected chi connectivity index (χ1v) is 39.1. The molecule has 2 aliphatic rings. The van der Waals surface area contributed by atoms with Crippen molar-refractivity contribution < 1.29 is 70.2 Å². The number of aryl methyl sites for hydroxylation is 1. The molecule has 2 fully saturated rings. The lowest BCUT2D eigenvalue weighted by atomic mass is 10.0. The van der Waals surface area contributed by atoms with E-state index < -0.39 is 150 Å². The van der Waals surface area contributed by atoms with Gasteiger partial charge in [0, 0.05) is 101 Å². The maximum atomic E-state index is 15.7. The largest absolute Gasteiger partial charge is 0.475 e. The van der Waals surface area contributed by atoms with Gasteiger partial charge in [-0.2, -0.15) is 9.55 Å². The summed E-state index contributed by atoms with van der Waals surface area (Å²) in [6, 6.07) is 3.65. The number of terminal acetylenes is 1. The Labute approximate surface area is 599 Å². The number of fused-ring (bicyclic) bond motifs is 1. The molecule has 2 saturated heterocycles. The number of phosphoric acid groups is 1. The fourth-order valence-electron chi connectivity index (χ4n) is 8.96. The van der Waals surface area contributed by atoms with Gasteiger partial charge in [-0.05, 0) is 128 Å². The SMILES string of the molecule is [C-]#[N+]CCOP(=O)(OC[C@H]1O[C@@H](n2ccc(=O)n(C(=O)c3cc(C)c(C)c(OC#CC#CC#CC#CC#CC#CC#CC#CC#CC#CC#C)c3)c2=O)[C@@H](O[Si](C)(C)C(C)(C)C)C1OC(=O)CCC(C)=O)OC1[C@@H](CO)O[C@@H](n2cnc3c(=O)[nH]c(NC(=O)C(C)C)nc32)[C@H]1O[Si](C)(C)C(C)(C)C. The minimum atomic E-state index is -5.16. The lowest BCUT2D eigenvalue weighted by Gasteiger charge is -2.41. The van der Waals surface area contributed by atoms with E-state index in [4.69, 9.17) is 54.4 Å². The molecule has 0 aliphatic carbocycles. The molecule has 1 aromatic carbocycles. The van der Waals surface area contributed by atoms with Gasteiger partial charge in [-0.15, -0.1) is 6.42 Å². The second kappa shape index (κ2) is 36.3. The van der Waals surface area contributed by atoms with Crippen LogP contribution >= 0.6 is 7.82 Å². The number of anilines is 1. The lowest BCUT2D eigenvalue weighted by molar-refractivity contribution is -0.156. The zero-order valence-corrected chi connectivity index (χ0v) is 62.3. The number of aliphatic hydroxyl groups excluding tert-OH is 1. The molecule has 0 spiro atoms. The Hall–Kier alpha value is -10.7. The van der Waals surface area contributed by atoms with Gasteiger partial charge in [0.2, 0.25) is 18.4 Å². The third kappa shape index (κ3) is 21.9. The number of nitrogens with one attached hydrogen (secondary N) is 2. The Morgan fingerprint density at radius 2 is 1.30 bits per heavy atom. The van der Waals surface area contributed by atoms with E-state index in [9.17, 15) is 33.9 Å². The topological polar surface area (TPSA) is 313 Å². The minimum absolute atomic E-state index is 0.0749. The highest BCUT2D eigenvalue weighted by Gasteiger charge is 2.57. The van der Waals surface area contributed by atoms with Gasteiger partial charge in [0.1, 0.15) is 54.8 Å². The predicted molar refractivity (Wildman–Crippen MR) is 384 cm³/mol. The second-order valence-electron chi connectivity index (χ2n) is 26.2. The summed E-state index contributed by atoms with van der Waals surface area (Å²) in [5.41, 5.74) is -2.41. The van der Waals surface area contributed by atoms with E-state index in [2.05, 4.69) is 150 Å². The van der Waals surface area contributed by atoms with Gasteiger partial charge >= 0.3 is 19.5 Å². The average Bonchev–Trinajstić information content (AvgIpc) is 1.65. The van der Waals surface area contributed by atoms with Gasteiger partial charge in [0.15, 0.2) is 46.4 Å². The molecule has 4 aromatic rings. The first-order chi connectivity index (χ1) is 48.6. The highest BCUT2D eigenvalue weighted by molar-refractivity contribution is 7.48. The van der Waals surface area contributed by atoms with Crippen molar-refractivity contribution in [1.82, 2.24) is 28.7 Å². The number of carbonyl (C=O) groups excluding carboxylic acids is 4. The number of phosphoric ester groups is 1. The Bertz CT molecular complexity index is 5000. The van der Waals surface area contributed by atoms with Gasteiger partial charge in [-0.1, -0.05) is 55.4 Å². The molecular formula is C74H75N8O18PSi2. The van der Waals surface area contributed by atoms with E-state index in [0.29, 0.717) is 15.7 Å². The van der Waals surface area contributed by atoms with E-state index in [0.717, 1.165) is 16.8 Å². The number of aromatic nitrogens is 6. The van der Waals surface area contributed by atoms with Crippen molar-refractivity contribution in [3.05, 3.63) is 90.0 Å². The number of H-pyrrole nitrogens is 1. The Balaban J connectivity index is 1.37. The van der Waals surface area contributed by atoms with E-state index >= 15 is 9.36 Å². The maximum absolute atomic E-state index is 15.7. The molecule has 3 N–H and O–H groups in total. The zero-order chi connectivity index (χ0) is 76.0. The van der Waals surface area contributed by atoms with Gasteiger partial charge in [-0.3, -0.25) is 57.0 Å². The highest BCUT2D eigenvalue weighted by atomic mass is 31.2. The molecule has 29 heteroatoms. The van der Waals surface area contributed by atoms with Crippen molar-refractivity contribution in [2.45, 2.75) is 174 Å². The normalized spacial score (nSPS) is 18.5. The van der Waals surface area contributed by atoms with Crippen LogP contribution in [0.1, 0.15) is 109 Å². The molecule has 0 saturated carbocycles. The zero-order valence-electron chi connectivity index (χ0n) is 59.4. The summed E-state index contributed by atoms with van der Waals surface area (Å²) in [6.45, 7) is 32.0. The number of hydrogen-bond acceptors (Lipinski definition) is 20. The number of carbonyl (C=O) groups is 4. The second-order valence-corrected chi connectivity index (χ2v) is 37.3. The van der Waals surface area contributed by atoms with Crippen molar-refractivity contribution >= 4 is 65.1 Å². The number of Topliss-reactive ketones (excluding diaryl/α,β-unsaturated/α-hetero) is 1. The number of ether oxygens (including phenoxy) is 4. The minimum Gasteiger partial charge on any atom is -0.457 e. The van der Waals surface area contributed by atoms with E-state index in [1.54, 1.807) is 27.7 Å². The molecule has 1 amide bonds. The van der Waals surface area contributed by atoms with Crippen molar-refractivity contribution in [3.8, 4) is 137 Å². The smallest absolute Gasteiger partial charge is 0.457 e. The number of ketones is 1. The molecule has 26 nitrogen and oxygen atoms in total. The van der Waals surface area contributed by atoms with Crippen LogP contribution < -0.4 is 26.9 Å². The van der Waals surface area contributed by atoms with Crippen molar-refractivity contribution in [2.75, 3.05) is 31.7 Å². The first kappa shape index (κ1) is 81.3. The van der Waals surface area contributed by atoms with Crippen LogP contribution in [-0.4, -0.2) is 137 Å². The fourth-order valence-corrected chi connectivity index (χ4v) is 12.9. The first-order valence-electron chi connectivity index (χ1n) is 31.9. The van der Waals surface area contributed by atoms with Crippen LogP contribution in [0.3, 0.4) is 0 Å². The number of aliphatic hydroxyl groups is 1.